The van der Waals surface area contributed by atoms with Crippen molar-refractivity contribution in [3.63, 3.8) is 0 Å². The highest BCUT2D eigenvalue weighted by molar-refractivity contribution is 9.09. The van der Waals surface area contributed by atoms with E-state index in [9.17, 15) is 4.79 Å². The van der Waals surface area contributed by atoms with Crippen LogP contribution in [-0.2, 0) is 0 Å². The molecule has 6 heteroatoms. The van der Waals surface area contributed by atoms with Crippen LogP contribution in [0.15, 0.2) is 5.38 Å². The molecule has 1 aliphatic heterocycles. The van der Waals surface area contributed by atoms with Crippen LogP contribution >= 0.6 is 27.5 Å². The van der Waals surface area contributed by atoms with Crippen LogP contribution in [0.1, 0.15) is 23.3 Å². The molecule has 1 atom stereocenters. The highest BCUT2D eigenvalue weighted by atomic mass is 79.9. The highest BCUT2D eigenvalue weighted by Gasteiger charge is 2.29. The summed E-state index contributed by atoms with van der Waals surface area (Å²) in [5.41, 5.74) is 0.475. The molecular weight excluding hydrogens is 266 g/mol. The van der Waals surface area contributed by atoms with Crippen LogP contribution in [0, 0.1) is 0 Å². The number of hydrogen-bond donors (Lipinski definition) is 0. The third kappa shape index (κ3) is 1.81. The Kier molecular flexibility index (Phi) is 3.12. The van der Waals surface area contributed by atoms with E-state index < -0.39 is 0 Å². The minimum atomic E-state index is 0.0145. The van der Waals surface area contributed by atoms with Crippen molar-refractivity contribution >= 4 is 33.4 Å². The second-order valence-electron chi connectivity index (χ2n) is 3.24. The molecule has 0 N–H and O–H groups in total. The van der Waals surface area contributed by atoms with Crippen molar-refractivity contribution < 1.29 is 4.79 Å². The van der Waals surface area contributed by atoms with Gasteiger partial charge in [0, 0.05) is 23.3 Å². The summed E-state index contributed by atoms with van der Waals surface area (Å²) in [4.78, 5) is 13.8. The minimum absolute atomic E-state index is 0.0145. The lowest BCUT2D eigenvalue weighted by molar-refractivity contribution is 0.0744. The van der Waals surface area contributed by atoms with Crippen molar-refractivity contribution in [2.75, 3.05) is 11.9 Å². The highest BCUT2D eigenvalue weighted by Crippen LogP contribution is 2.20. The first-order valence-electron chi connectivity index (χ1n) is 4.47. The molecule has 1 saturated heterocycles. The van der Waals surface area contributed by atoms with E-state index in [2.05, 4.69) is 25.5 Å². The fourth-order valence-electron chi connectivity index (χ4n) is 1.67. The molecule has 1 aromatic heterocycles. The van der Waals surface area contributed by atoms with Crippen molar-refractivity contribution in [2.45, 2.75) is 18.9 Å². The molecule has 1 amide bonds. The van der Waals surface area contributed by atoms with E-state index in [4.69, 9.17) is 0 Å². The molecule has 2 rings (SSSR count). The molecule has 1 aliphatic rings. The van der Waals surface area contributed by atoms with Crippen LogP contribution in [0.5, 0.6) is 0 Å². The topological polar surface area (TPSA) is 46.1 Å². The van der Waals surface area contributed by atoms with E-state index in [0.717, 1.165) is 24.7 Å². The fourth-order valence-corrected chi connectivity index (χ4v) is 2.77. The summed E-state index contributed by atoms with van der Waals surface area (Å²) < 4.78 is 3.70. The number of carbonyl (C=O) groups is 1. The lowest BCUT2D eigenvalue weighted by Gasteiger charge is -2.21. The van der Waals surface area contributed by atoms with E-state index in [1.807, 2.05) is 4.90 Å². The molecule has 0 aromatic carbocycles. The third-order valence-electron chi connectivity index (χ3n) is 2.40. The van der Waals surface area contributed by atoms with Crippen LogP contribution in [-0.4, -0.2) is 38.3 Å². The second kappa shape index (κ2) is 4.35. The van der Waals surface area contributed by atoms with Gasteiger partial charge in [0.05, 0.1) is 0 Å². The normalized spacial score (nSPS) is 21.5. The molecular formula is C8H10BrN3OS. The predicted octanol–water partition coefficient (Wildman–Crippen LogP) is 1.54. The third-order valence-corrected chi connectivity index (χ3v) is 3.65. The van der Waals surface area contributed by atoms with Gasteiger partial charge in [0.15, 0.2) is 5.69 Å². The predicted molar refractivity (Wildman–Crippen MR) is 57.8 cm³/mol. The molecule has 1 fully saturated rings. The summed E-state index contributed by atoms with van der Waals surface area (Å²) in [7, 11) is 0. The smallest absolute Gasteiger partial charge is 0.275 e. The number of halogens is 1. The van der Waals surface area contributed by atoms with Crippen molar-refractivity contribution in [2.24, 2.45) is 0 Å². The van der Waals surface area contributed by atoms with Gasteiger partial charge in [-0.25, -0.2) is 0 Å². The molecule has 14 heavy (non-hydrogen) atoms. The van der Waals surface area contributed by atoms with Crippen LogP contribution in [0.25, 0.3) is 0 Å². The molecule has 4 nitrogen and oxygen atoms in total. The van der Waals surface area contributed by atoms with Crippen molar-refractivity contribution in [3.8, 4) is 0 Å². The number of nitrogens with zero attached hydrogens (tertiary/aromatic N) is 3. The molecule has 0 spiro atoms. The van der Waals surface area contributed by atoms with Crippen LogP contribution in [0.4, 0.5) is 0 Å². The summed E-state index contributed by atoms with van der Waals surface area (Å²) in [6.45, 7) is 0.840. The molecule has 1 aromatic rings. The summed E-state index contributed by atoms with van der Waals surface area (Å²) in [6, 6.07) is 0.323. The SMILES string of the molecule is O=C(c1csnn1)N1CCCC1CBr. The maximum absolute atomic E-state index is 11.9. The quantitative estimate of drug-likeness (QED) is 0.770. The largest absolute Gasteiger partial charge is 0.333 e. The maximum atomic E-state index is 11.9. The summed E-state index contributed by atoms with van der Waals surface area (Å²) in [5, 5.41) is 6.34. The van der Waals surface area contributed by atoms with E-state index in [1.54, 1.807) is 5.38 Å². The zero-order valence-corrected chi connectivity index (χ0v) is 9.92. The fraction of sp³-hybridized carbons (Fsp3) is 0.625. The molecule has 0 aliphatic carbocycles. The van der Waals surface area contributed by atoms with E-state index in [0.29, 0.717) is 11.7 Å². The van der Waals surface area contributed by atoms with Gasteiger partial charge < -0.3 is 4.90 Å². The van der Waals surface area contributed by atoms with Gasteiger partial charge >= 0.3 is 0 Å². The van der Waals surface area contributed by atoms with Crippen molar-refractivity contribution in [1.82, 2.24) is 14.5 Å². The van der Waals surface area contributed by atoms with Crippen LogP contribution in [0.2, 0.25) is 0 Å². The van der Waals surface area contributed by atoms with Gasteiger partial charge in [-0.15, -0.1) is 5.10 Å². The first-order valence-corrected chi connectivity index (χ1v) is 6.42. The van der Waals surface area contributed by atoms with Gasteiger partial charge in [-0.05, 0) is 24.4 Å². The molecule has 2 heterocycles. The Morgan fingerprint density at radius 1 is 1.79 bits per heavy atom. The Morgan fingerprint density at radius 3 is 3.29 bits per heavy atom. The standard InChI is InChI=1S/C8H10BrN3OS/c9-4-6-2-1-3-12(6)8(13)7-5-14-11-10-7/h5-6H,1-4H2. The molecule has 76 valence electrons. The van der Waals surface area contributed by atoms with Gasteiger partial charge in [-0.2, -0.15) is 0 Å². The number of alkyl halides is 1. The number of aromatic nitrogens is 2. The van der Waals surface area contributed by atoms with Gasteiger partial charge in [-0.1, -0.05) is 20.4 Å². The lowest BCUT2D eigenvalue weighted by Crippen LogP contribution is -2.36. The minimum Gasteiger partial charge on any atom is -0.333 e. The van der Waals surface area contributed by atoms with Gasteiger partial charge in [0.25, 0.3) is 5.91 Å². The van der Waals surface area contributed by atoms with E-state index >= 15 is 0 Å². The molecule has 0 radical (unpaired) electrons. The van der Waals surface area contributed by atoms with Crippen LogP contribution < -0.4 is 0 Å². The molecule has 1 unspecified atom stereocenters. The Balaban J connectivity index is 2.11. The Hall–Kier alpha value is -0.490. The summed E-state index contributed by atoms with van der Waals surface area (Å²) >= 11 is 4.64. The van der Waals surface area contributed by atoms with Crippen molar-refractivity contribution in [1.29, 1.82) is 0 Å². The van der Waals surface area contributed by atoms with Gasteiger partial charge in [0.1, 0.15) is 0 Å². The lowest BCUT2D eigenvalue weighted by atomic mass is 10.2. The maximum Gasteiger partial charge on any atom is 0.275 e. The van der Waals surface area contributed by atoms with Crippen molar-refractivity contribution in [3.05, 3.63) is 11.1 Å². The Morgan fingerprint density at radius 2 is 2.64 bits per heavy atom. The Labute approximate surface area is 94.6 Å². The average molecular weight is 276 g/mol. The monoisotopic (exact) mass is 275 g/mol. The molecule has 0 saturated carbocycles. The average Bonchev–Trinajstić information content (AvgIpc) is 2.87. The number of rotatable bonds is 2. The second-order valence-corrected chi connectivity index (χ2v) is 4.50. The van der Waals surface area contributed by atoms with Gasteiger partial charge in [0.2, 0.25) is 0 Å². The number of likely N-dealkylation sites (tertiary alicyclic amines) is 1. The Bertz CT molecular complexity index is 316. The zero-order valence-electron chi connectivity index (χ0n) is 7.52. The van der Waals surface area contributed by atoms with Crippen LogP contribution in [0.3, 0.4) is 0 Å². The number of carbonyl (C=O) groups excluding carboxylic acids is 1. The number of amides is 1. The number of hydrogen-bond acceptors (Lipinski definition) is 4. The molecule has 0 bridgehead atoms. The first-order chi connectivity index (χ1) is 6.83. The zero-order chi connectivity index (χ0) is 9.97. The summed E-state index contributed by atoms with van der Waals surface area (Å²) in [5.74, 6) is 0.0145. The first kappa shape index (κ1) is 10.0. The summed E-state index contributed by atoms with van der Waals surface area (Å²) in [6.07, 6.45) is 2.16. The van der Waals surface area contributed by atoms with E-state index in [-0.39, 0.29) is 5.91 Å². The van der Waals surface area contributed by atoms with Gasteiger partial charge in [-0.3, -0.25) is 4.79 Å². The van der Waals surface area contributed by atoms with E-state index in [1.165, 1.54) is 11.5 Å².